The van der Waals surface area contributed by atoms with Crippen LogP contribution in [-0.4, -0.2) is 57.6 Å². The molecule has 4 aliphatic rings. The molecule has 10 atom stereocenters. The highest BCUT2D eigenvalue weighted by Gasteiger charge is 2.67. The molecule has 0 spiro atoms. The van der Waals surface area contributed by atoms with E-state index in [1.807, 2.05) is 6.92 Å². The lowest BCUT2D eigenvalue weighted by atomic mass is 9.39. The molecule has 0 aromatic carbocycles. The Hall–Kier alpha value is -1.19. The Morgan fingerprint density at radius 3 is 2.38 bits per heavy atom. The zero-order valence-corrected chi connectivity index (χ0v) is 26.8. The normalized spacial score (nSPS) is 41.9. The molecule has 0 bridgehead atoms. The molecule has 0 radical (unpaired) electrons. The monoisotopic (exact) mass is 583 g/mol. The minimum atomic E-state index is -3.89. The quantitative estimate of drug-likeness (QED) is 0.319. The molecule has 0 aromatic heterocycles. The first-order valence-electron chi connectivity index (χ1n) is 15.5. The number of ether oxygens (including phenoxy) is 2. The van der Waals surface area contributed by atoms with Crippen molar-refractivity contribution in [2.45, 2.75) is 118 Å². The number of esters is 2. The van der Waals surface area contributed by atoms with Crippen LogP contribution in [0.15, 0.2) is 0 Å². The topological polar surface area (TPSA) is 99.2 Å². The molecule has 4 aliphatic carbocycles. The summed E-state index contributed by atoms with van der Waals surface area (Å²) in [6.45, 7) is 13.0. The Morgan fingerprint density at radius 1 is 1.05 bits per heavy atom. The van der Waals surface area contributed by atoms with Gasteiger partial charge in [0.25, 0.3) is 0 Å². The van der Waals surface area contributed by atoms with E-state index in [1.165, 1.54) is 18.3 Å². The van der Waals surface area contributed by atoms with Gasteiger partial charge >= 0.3 is 22.2 Å². The number of methoxy groups -OCH3 is 1. The van der Waals surface area contributed by atoms with Crippen molar-refractivity contribution in [3.05, 3.63) is 0 Å². The second kappa shape index (κ2) is 11.5. The molecule has 9 heteroatoms. The first-order valence-corrected chi connectivity index (χ1v) is 16.9. The van der Waals surface area contributed by atoms with Gasteiger partial charge in [-0.3, -0.25) is 13.8 Å². The van der Waals surface area contributed by atoms with E-state index in [9.17, 15) is 18.0 Å². The van der Waals surface area contributed by atoms with E-state index in [4.69, 9.17) is 13.7 Å². The summed E-state index contributed by atoms with van der Waals surface area (Å²) in [4.78, 5) is 23.7. The van der Waals surface area contributed by atoms with Crippen LogP contribution >= 0.6 is 0 Å². The fourth-order valence-electron chi connectivity index (χ4n) is 9.99. The van der Waals surface area contributed by atoms with Gasteiger partial charge in [0.2, 0.25) is 0 Å². The summed E-state index contributed by atoms with van der Waals surface area (Å²) in [6.07, 6.45) is 8.36. The molecule has 0 amide bonds. The van der Waals surface area contributed by atoms with Crippen LogP contribution in [0.25, 0.3) is 0 Å². The molecule has 0 aliphatic heterocycles. The summed E-state index contributed by atoms with van der Waals surface area (Å²) in [5, 5.41) is 0. The summed E-state index contributed by atoms with van der Waals surface area (Å²) in [7, 11) is -0.876. The van der Waals surface area contributed by atoms with Gasteiger partial charge < -0.3 is 9.47 Å². The van der Waals surface area contributed by atoms with E-state index >= 15 is 0 Å². The third-order valence-electron chi connectivity index (χ3n) is 12.6. The van der Waals surface area contributed by atoms with Crippen molar-refractivity contribution >= 4 is 22.2 Å². The first-order chi connectivity index (χ1) is 18.6. The average Bonchev–Trinajstić information content (AvgIpc) is 3.25. The second-order valence-corrected chi connectivity index (χ2v) is 15.9. The van der Waals surface area contributed by atoms with E-state index in [1.54, 1.807) is 7.05 Å². The number of rotatable bonds is 9. The van der Waals surface area contributed by atoms with Gasteiger partial charge in [-0.15, -0.1) is 0 Å². The highest BCUT2D eigenvalue weighted by molar-refractivity contribution is 7.84. The van der Waals surface area contributed by atoms with Crippen molar-refractivity contribution < 1.29 is 31.7 Å². The number of nitrogens with zero attached hydrogens (tertiary/aromatic N) is 1. The lowest BCUT2D eigenvalue weighted by Gasteiger charge is -2.66. The van der Waals surface area contributed by atoms with Crippen LogP contribution in [0.2, 0.25) is 0 Å². The maximum atomic E-state index is 13.4. The third kappa shape index (κ3) is 5.36. The first kappa shape index (κ1) is 31.7. The molecule has 0 heterocycles. The van der Waals surface area contributed by atoms with Gasteiger partial charge in [-0.25, -0.2) is 0 Å². The molecule has 0 aromatic rings. The number of hydrogen-bond acceptors (Lipinski definition) is 7. The molecular weight excluding hydrogens is 530 g/mol. The summed E-state index contributed by atoms with van der Waals surface area (Å²) in [5.74, 6) is 1.35. The predicted molar refractivity (Wildman–Crippen MR) is 153 cm³/mol. The highest BCUT2D eigenvalue weighted by Crippen LogP contribution is 2.72. The maximum absolute atomic E-state index is 13.4. The van der Waals surface area contributed by atoms with Gasteiger partial charge in [-0.05, 0) is 98.2 Å². The fourth-order valence-corrected chi connectivity index (χ4v) is 11.0. The average molecular weight is 584 g/mol. The molecule has 230 valence electrons. The van der Waals surface area contributed by atoms with E-state index in [0.29, 0.717) is 30.7 Å². The van der Waals surface area contributed by atoms with Crippen LogP contribution in [0, 0.1) is 45.8 Å². The Bertz CT molecular complexity index is 1060. The van der Waals surface area contributed by atoms with Gasteiger partial charge in [0, 0.05) is 32.4 Å². The Balaban J connectivity index is 1.69. The van der Waals surface area contributed by atoms with Crippen LogP contribution < -0.4 is 0 Å². The molecule has 4 saturated carbocycles. The molecule has 8 nitrogen and oxygen atoms in total. The number of carbonyl (C=O) groups excluding carboxylic acids is 2. The molecule has 4 fully saturated rings. The smallest absolute Gasteiger partial charge is 0.338 e. The summed E-state index contributed by atoms with van der Waals surface area (Å²) in [5.41, 5.74) is -0.252. The number of carbonyl (C=O) groups is 2. The van der Waals surface area contributed by atoms with Crippen molar-refractivity contribution in [2.24, 2.45) is 45.8 Å². The van der Waals surface area contributed by atoms with Crippen LogP contribution in [0.3, 0.4) is 0 Å². The van der Waals surface area contributed by atoms with Crippen LogP contribution in [0.4, 0.5) is 0 Å². The Labute approximate surface area is 242 Å². The standard InChI is InChI=1S/C31H53NO7S/c1-9-32(7)40(35,36)39-27-18-26-23(15-16-29(4)19-22(38-21(3)33)14-17-30(26,29)5)25-12-11-24(31(25,27)6)20(2)10-13-28(34)37-8/h20,22-27H,9-19H2,1-8H3. The molecule has 4 rings (SSSR count). The number of hydrogen-bond donors (Lipinski definition) is 0. The lowest BCUT2D eigenvalue weighted by molar-refractivity contribution is -0.202. The van der Waals surface area contributed by atoms with Crippen LogP contribution in [0.1, 0.15) is 106 Å². The Morgan fingerprint density at radius 2 is 1.75 bits per heavy atom. The summed E-state index contributed by atoms with van der Waals surface area (Å²) in [6, 6.07) is 0. The largest absolute Gasteiger partial charge is 0.469 e. The SMILES string of the molecule is CCN(C)S(=O)(=O)OC1CC2C(CCC3(C)CC(OC(C)=O)CCC23C)C2CCC(C(C)CCC(=O)OC)C12C. The molecule has 40 heavy (non-hydrogen) atoms. The predicted octanol–water partition coefficient (Wildman–Crippen LogP) is 5.75. The van der Waals surface area contributed by atoms with E-state index < -0.39 is 16.4 Å². The summed E-state index contributed by atoms with van der Waals surface area (Å²) < 4.78 is 45.0. The Kier molecular flexibility index (Phi) is 9.11. The minimum absolute atomic E-state index is 0.0184. The van der Waals surface area contributed by atoms with E-state index in [-0.39, 0.29) is 46.1 Å². The zero-order chi connectivity index (χ0) is 29.7. The van der Waals surface area contributed by atoms with Crippen LogP contribution in [-0.2, 0) is 33.6 Å². The fraction of sp³-hybridized carbons (Fsp3) is 0.935. The van der Waals surface area contributed by atoms with Crippen molar-refractivity contribution in [1.29, 1.82) is 0 Å². The molecular formula is C31H53NO7S. The minimum Gasteiger partial charge on any atom is -0.469 e. The van der Waals surface area contributed by atoms with Crippen molar-refractivity contribution in [3.63, 3.8) is 0 Å². The highest BCUT2D eigenvalue weighted by atomic mass is 32.2. The molecule has 0 saturated heterocycles. The van der Waals surface area contributed by atoms with Crippen molar-refractivity contribution in [2.75, 3.05) is 20.7 Å². The lowest BCUT2D eigenvalue weighted by Crippen LogP contribution is -2.62. The van der Waals surface area contributed by atoms with Gasteiger partial charge in [-0.2, -0.15) is 12.7 Å². The van der Waals surface area contributed by atoms with Crippen molar-refractivity contribution in [3.8, 4) is 0 Å². The van der Waals surface area contributed by atoms with Gasteiger partial charge in [0.15, 0.2) is 0 Å². The molecule has 10 unspecified atom stereocenters. The molecule has 0 N–H and O–H groups in total. The van der Waals surface area contributed by atoms with Gasteiger partial charge in [0.1, 0.15) is 6.10 Å². The van der Waals surface area contributed by atoms with Gasteiger partial charge in [0.05, 0.1) is 13.2 Å². The zero-order valence-electron chi connectivity index (χ0n) is 26.0. The summed E-state index contributed by atoms with van der Waals surface area (Å²) >= 11 is 0. The van der Waals surface area contributed by atoms with E-state index in [0.717, 1.165) is 57.8 Å². The van der Waals surface area contributed by atoms with E-state index in [2.05, 4.69) is 27.7 Å². The second-order valence-electron chi connectivity index (χ2n) is 14.2. The van der Waals surface area contributed by atoms with Crippen molar-refractivity contribution in [1.82, 2.24) is 4.31 Å². The third-order valence-corrected chi connectivity index (χ3v) is 14.1. The van der Waals surface area contributed by atoms with Crippen LogP contribution in [0.5, 0.6) is 0 Å². The van der Waals surface area contributed by atoms with Gasteiger partial charge in [-0.1, -0.05) is 34.6 Å². The number of fused-ring (bicyclic) bond motifs is 5. The maximum Gasteiger partial charge on any atom is 0.338 e.